The number of halogens is 1. The van der Waals surface area contributed by atoms with E-state index in [0.29, 0.717) is 18.1 Å². The van der Waals surface area contributed by atoms with Crippen molar-refractivity contribution in [3.63, 3.8) is 0 Å². The van der Waals surface area contributed by atoms with Gasteiger partial charge in [-0.3, -0.25) is 4.90 Å². The normalized spacial score (nSPS) is 21.8. The first-order valence-corrected chi connectivity index (χ1v) is 13.0. The summed E-state index contributed by atoms with van der Waals surface area (Å²) in [5, 5.41) is 0. The first-order chi connectivity index (χ1) is 18.6. The van der Waals surface area contributed by atoms with Crippen LogP contribution in [0.15, 0.2) is 79.2 Å². The van der Waals surface area contributed by atoms with Gasteiger partial charge in [0.05, 0.1) is 25.5 Å². The Morgan fingerprint density at radius 2 is 1.87 bits per heavy atom. The number of rotatable bonds is 6. The largest absolute Gasteiger partial charge is 0.481 e. The van der Waals surface area contributed by atoms with Crippen LogP contribution in [-0.2, 0) is 4.74 Å². The lowest BCUT2D eigenvalue weighted by atomic mass is 9.94. The fourth-order valence-electron chi connectivity index (χ4n) is 5.42. The zero-order valence-corrected chi connectivity index (χ0v) is 21.7. The highest BCUT2D eigenvalue weighted by molar-refractivity contribution is 5.85. The van der Waals surface area contributed by atoms with Crippen molar-refractivity contribution < 1.29 is 13.9 Å². The number of hydrogen-bond acceptors (Lipinski definition) is 6. The number of ether oxygens (including phenoxy) is 2. The zero-order valence-electron chi connectivity index (χ0n) is 21.7. The van der Waals surface area contributed by atoms with E-state index in [1.807, 2.05) is 31.2 Å². The summed E-state index contributed by atoms with van der Waals surface area (Å²) in [6.07, 6.45) is 9.17. The molecule has 1 saturated heterocycles. The first kappa shape index (κ1) is 24.5. The Kier molecular flexibility index (Phi) is 6.79. The average molecular weight is 511 g/mol. The predicted octanol–water partition coefficient (Wildman–Crippen LogP) is 5.19. The molecule has 0 spiro atoms. The van der Waals surface area contributed by atoms with Crippen LogP contribution >= 0.6 is 0 Å². The second-order valence-electron chi connectivity index (χ2n) is 9.88. The number of methoxy groups -OCH3 is 1. The van der Waals surface area contributed by atoms with Crippen molar-refractivity contribution in [2.45, 2.75) is 25.6 Å². The Hall–Kier alpha value is -3.81. The summed E-state index contributed by atoms with van der Waals surface area (Å²) in [5.74, 6) is 0.403. The molecule has 1 fully saturated rings. The minimum atomic E-state index is -0.175. The third-order valence-corrected chi connectivity index (χ3v) is 7.62. The van der Waals surface area contributed by atoms with Crippen molar-refractivity contribution in [3.05, 3.63) is 107 Å². The van der Waals surface area contributed by atoms with E-state index in [0.717, 1.165) is 42.9 Å². The molecule has 2 atom stereocenters. The van der Waals surface area contributed by atoms with Crippen molar-refractivity contribution in [2.24, 2.45) is 0 Å². The molecule has 0 N–H and O–H groups in total. The molecule has 6 nitrogen and oxygen atoms in total. The van der Waals surface area contributed by atoms with Gasteiger partial charge in [-0.2, -0.15) is 0 Å². The molecule has 3 aliphatic heterocycles. The molecule has 4 heterocycles. The van der Waals surface area contributed by atoms with E-state index in [4.69, 9.17) is 9.47 Å². The summed E-state index contributed by atoms with van der Waals surface area (Å²) in [6.45, 7) is 4.97. The molecule has 0 amide bonds. The number of hydrogen-bond donors (Lipinski definition) is 0. The number of aromatic nitrogens is 2. The van der Waals surface area contributed by atoms with Crippen LogP contribution < -0.4 is 4.74 Å². The summed E-state index contributed by atoms with van der Waals surface area (Å²) in [7, 11) is 1.62. The Morgan fingerprint density at radius 1 is 1.00 bits per heavy atom. The van der Waals surface area contributed by atoms with Gasteiger partial charge in [-0.05, 0) is 59.4 Å². The van der Waals surface area contributed by atoms with E-state index in [-0.39, 0.29) is 18.1 Å². The second kappa shape index (κ2) is 10.5. The average Bonchev–Trinajstić information content (AvgIpc) is 2.95. The lowest BCUT2D eigenvalue weighted by Gasteiger charge is -2.51. The van der Waals surface area contributed by atoms with Gasteiger partial charge in [-0.25, -0.2) is 14.4 Å². The second-order valence-corrected chi connectivity index (χ2v) is 9.88. The van der Waals surface area contributed by atoms with Crippen LogP contribution in [0.25, 0.3) is 16.8 Å². The van der Waals surface area contributed by atoms with Gasteiger partial charge in [0.25, 0.3) is 0 Å². The number of allylic oxidation sites excluding steroid dienone is 2. The standard InChI is InChI=1S/C31H31FN4O2/c1-21-16-24(8-9-26(21)32)25-12-15-36(28(17-25)23-6-4-3-5-7-23)29-19-38-31(29)35-13-10-22(11-14-35)27-18-30(37-2)34-20-33-27/h3-10,12,16-18,20,29,31H,11,13-15,19H2,1-2H3. The predicted molar refractivity (Wildman–Crippen MR) is 147 cm³/mol. The number of aryl methyl sites for hydroxylation is 1. The quantitative estimate of drug-likeness (QED) is 0.455. The van der Waals surface area contributed by atoms with Crippen LogP contribution in [-0.4, -0.2) is 65.4 Å². The monoisotopic (exact) mass is 510 g/mol. The lowest BCUT2D eigenvalue weighted by Crippen LogP contribution is -2.63. The fourth-order valence-corrected chi connectivity index (χ4v) is 5.42. The smallest absolute Gasteiger partial charge is 0.216 e. The summed E-state index contributed by atoms with van der Waals surface area (Å²) in [4.78, 5) is 13.4. The van der Waals surface area contributed by atoms with Crippen molar-refractivity contribution in [2.75, 3.05) is 33.4 Å². The van der Waals surface area contributed by atoms with Gasteiger partial charge in [-0.1, -0.05) is 48.6 Å². The van der Waals surface area contributed by atoms with E-state index in [9.17, 15) is 4.39 Å². The van der Waals surface area contributed by atoms with E-state index in [1.165, 1.54) is 16.8 Å². The van der Waals surface area contributed by atoms with Gasteiger partial charge < -0.3 is 14.4 Å². The van der Waals surface area contributed by atoms with Crippen molar-refractivity contribution in [3.8, 4) is 5.88 Å². The fraction of sp³-hybridized carbons (Fsp3) is 0.290. The topological polar surface area (TPSA) is 50.7 Å². The van der Waals surface area contributed by atoms with Gasteiger partial charge in [0.1, 0.15) is 18.4 Å². The molecule has 7 heteroatoms. The molecule has 1 aromatic heterocycles. The molecule has 0 radical (unpaired) electrons. The molecule has 2 unspecified atom stereocenters. The van der Waals surface area contributed by atoms with Gasteiger partial charge in [-0.15, -0.1) is 0 Å². The molecule has 3 aliphatic rings. The molecular formula is C31H31FN4O2. The summed E-state index contributed by atoms with van der Waals surface area (Å²) in [5.41, 5.74) is 7.28. The molecule has 3 aromatic rings. The van der Waals surface area contributed by atoms with Gasteiger partial charge >= 0.3 is 0 Å². The summed E-state index contributed by atoms with van der Waals surface area (Å²) in [6, 6.07) is 18.0. The Balaban J connectivity index is 1.22. The minimum absolute atomic E-state index is 0.0165. The zero-order chi connectivity index (χ0) is 26.1. The van der Waals surface area contributed by atoms with Crippen LogP contribution in [0.5, 0.6) is 5.88 Å². The van der Waals surface area contributed by atoms with Crippen LogP contribution in [0.2, 0.25) is 0 Å². The van der Waals surface area contributed by atoms with Crippen molar-refractivity contribution in [1.82, 2.24) is 19.8 Å². The van der Waals surface area contributed by atoms with Crippen LogP contribution in [0.4, 0.5) is 4.39 Å². The highest BCUT2D eigenvalue weighted by Gasteiger charge is 2.42. The minimum Gasteiger partial charge on any atom is -0.481 e. The van der Waals surface area contributed by atoms with E-state index >= 15 is 0 Å². The SMILES string of the molecule is COc1cc(C2=CCN(C3OCC3N3CC=C(c4ccc(F)c(C)c4)C=C3c3ccccc3)CC2)ncn1. The third kappa shape index (κ3) is 4.75. The molecule has 0 saturated carbocycles. The molecule has 0 aliphatic carbocycles. The lowest BCUT2D eigenvalue weighted by molar-refractivity contribution is -0.191. The maximum absolute atomic E-state index is 13.9. The van der Waals surface area contributed by atoms with Crippen LogP contribution in [0, 0.1) is 12.7 Å². The maximum atomic E-state index is 13.9. The van der Waals surface area contributed by atoms with Crippen LogP contribution in [0.1, 0.15) is 28.8 Å². The van der Waals surface area contributed by atoms with Crippen molar-refractivity contribution >= 4 is 16.8 Å². The number of nitrogens with zero attached hydrogens (tertiary/aromatic N) is 4. The summed E-state index contributed by atoms with van der Waals surface area (Å²) < 4.78 is 25.3. The molecule has 0 bridgehead atoms. The van der Waals surface area contributed by atoms with E-state index in [1.54, 1.807) is 19.5 Å². The molecule has 194 valence electrons. The molecule has 2 aromatic carbocycles. The van der Waals surface area contributed by atoms with Crippen molar-refractivity contribution in [1.29, 1.82) is 0 Å². The van der Waals surface area contributed by atoms with Gasteiger partial charge in [0, 0.05) is 31.4 Å². The third-order valence-electron chi connectivity index (χ3n) is 7.62. The Labute approximate surface area is 222 Å². The van der Waals surface area contributed by atoms with Gasteiger partial charge in [0.15, 0.2) is 0 Å². The first-order valence-electron chi connectivity index (χ1n) is 13.0. The maximum Gasteiger partial charge on any atom is 0.216 e. The Bertz CT molecular complexity index is 1420. The van der Waals surface area contributed by atoms with Crippen LogP contribution in [0.3, 0.4) is 0 Å². The molecule has 38 heavy (non-hydrogen) atoms. The highest BCUT2D eigenvalue weighted by atomic mass is 19.1. The number of benzene rings is 2. The molecule has 6 rings (SSSR count). The highest BCUT2D eigenvalue weighted by Crippen LogP contribution is 2.36. The summed E-state index contributed by atoms with van der Waals surface area (Å²) >= 11 is 0. The van der Waals surface area contributed by atoms with E-state index in [2.05, 4.69) is 62.3 Å². The molecular weight excluding hydrogens is 479 g/mol. The van der Waals surface area contributed by atoms with E-state index < -0.39 is 0 Å². The Morgan fingerprint density at radius 3 is 2.58 bits per heavy atom. The van der Waals surface area contributed by atoms with Gasteiger partial charge in [0.2, 0.25) is 5.88 Å².